The third-order valence-electron chi connectivity index (χ3n) is 4.19. The van der Waals surface area contributed by atoms with Gasteiger partial charge in [-0.1, -0.05) is 24.3 Å². The number of phenols is 1. The number of aromatic hydroxyl groups is 1. The number of methoxy groups -OCH3 is 1. The fourth-order valence-corrected chi connectivity index (χ4v) is 3.05. The van der Waals surface area contributed by atoms with Gasteiger partial charge in [0.15, 0.2) is 0 Å². The van der Waals surface area contributed by atoms with Gasteiger partial charge in [0.25, 0.3) is 0 Å². The van der Waals surface area contributed by atoms with Crippen LogP contribution in [0.15, 0.2) is 48.5 Å². The second-order valence-corrected chi connectivity index (χ2v) is 5.57. The fraction of sp³-hybridized carbons (Fsp3) is 0.333. The first-order valence-electron chi connectivity index (χ1n) is 7.42. The van der Waals surface area contributed by atoms with Crippen molar-refractivity contribution in [2.75, 3.05) is 13.7 Å². The highest BCUT2D eigenvalue weighted by Crippen LogP contribution is 2.33. The molecule has 1 atom stereocenters. The summed E-state index contributed by atoms with van der Waals surface area (Å²) in [5, 5.41) is 9.37. The maximum Gasteiger partial charge on any atom is 0.118 e. The quantitative estimate of drug-likeness (QED) is 0.928. The van der Waals surface area contributed by atoms with Gasteiger partial charge < -0.3 is 9.84 Å². The summed E-state index contributed by atoms with van der Waals surface area (Å²) in [7, 11) is 1.70. The number of nitrogens with zero attached hydrogens (tertiary/aromatic N) is 1. The SMILES string of the molecule is COc1ccc(C2CCCN2Cc2ccc(O)cc2)cc1. The molecule has 3 rings (SSSR count). The molecule has 3 nitrogen and oxygen atoms in total. The van der Waals surface area contributed by atoms with Crippen LogP contribution in [0.2, 0.25) is 0 Å². The minimum atomic E-state index is 0.326. The lowest BCUT2D eigenvalue weighted by atomic mass is 10.0. The number of benzene rings is 2. The summed E-state index contributed by atoms with van der Waals surface area (Å²) in [6, 6.07) is 16.4. The van der Waals surface area contributed by atoms with Crippen LogP contribution in [-0.2, 0) is 6.54 Å². The molecule has 1 unspecified atom stereocenters. The number of ether oxygens (including phenoxy) is 1. The Hall–Kier alpha value is -2.00. The molecule has 0 spiro atoms. The summed E-state index contributed by atoms with van der Waals surface area (Å²) in [4.78, 5) is 2.51. The first kappa shape index (κ1) is 14.0. The number of phenolic OH excluding ortho intramolecular Hbond substituents is 1. The van der Waals surface area contributed by atoms with Crippen LogP contribution in [0.5, 0.6) is 11.5 Å². The smallest absolute Gasteiger partial charge is 0.118 e. The van der Waals surface area contributed by atoms with Crippen LogP contribution < -0.4 is 4.74 Å². The van der Waals surface area contributed by atoms with E-state index in [-0.39, 0.29) is 0 Å². The van der Waals surface area contributed by atoms with E-state index in [1.165, 1.54) is 24.0 Å². The lowest BCUT2D eigenvalue weighted by molar-refractivity contribution is 0.248. The molecule has 1 heterocycles. The van der Waals surface area contributed by atoms with Crippen LogP contribution in [0.25, 0.3) is 0 Å². The predicted octanol–water partition coefficient (Wildman–Crippen LogP) is 3.74. The molecule has 0 bridgehead atoms. The number of rotatable bonds is 4. The first-order valence-corrected chi connectivity index (χ1v) is 7.42. The van der Waals surface area contributed by atoms with Crippen LogP contribution in [0.1, 0.15) is 30.0 Å². The van der Waals surface area contributed by atoms with Gasteiger partial charge in [-0.05, 0) is 54.8 Å². The maximum absolute atomic E-state index is 9.37. The van der Waals surface area contributed by atoms with Gasteiger partial charge >= 0.3 is 0 Å². The van der Waals surface area contributed by atoms with E-state index in [9.17, 15) is 5.11 Å². The van der Waals surface area contributed by atoms with E-state index in [1.54, 1.807) is 19.2 Å². The highest BCUT2D eigenvalue weighted by atomic mass is 16.5. The lowest BCUT2D eigenvalue weighted by Gasteiger charge is -2.25. The van der Waals surface area contributed by atoms with Crippen LogP contribution in [-0.4, -0.2) is 23.7 Å². The highest BCUT2D eigenvalue weighted by Gasteiger charge is 2.25. The number of hydrogen-bond acceptors (Lipinski definition) is 3. The Morgan fingerprint density at radius 2 is 1.81 bits per heavy atom. The summed E-state index contributed by atoms with van der Waals surface area (Å²) in [5.41, 5.74) is 2.60. The predicted molar refractivity (Wildman–Crippen MR) is 83.5 cm³/mol. The van der Waals surface area contributed by atoms with Crippen molar-refractivity contribution in [1.29, 1.82) is 0 Å². The molecule has 21 heavy (non-hydrogen) atoms. The topological polar surface area (TPSA) is 32.7 Å². The Bertz CT molecular complexity index is 577. The second-order valence-electron chi connectivity index (χ2n) is 5.57. The third kappa shape index (κ3) is 3.19. The summed E-state index contributed by atoms with van der Waals surface area (Å²) in [6.45, 7) is 2.05. The van der Waals surface area contributed by atoms with Crippen molar-refractivity contribution in [2.24, 2.45) is 0 Å². The number of hydrogen-bond donors (Lipinski definition) is 1. The van der Waals surface area contributed by atoms with E-state index < -0.39 is 0 Å². The average Bonchev–Trinajstić information content (AvgIpc) is 2.98. The standard InChI is InChI=1S/C18H21NO2/c1-21-17-10-6-15(7-11-17)18-3-2-12-19(18)13-14-4-8-16(20)9-5-14/h4-11,18,20H,2-3,12-13H2,1H3. The number of likely N-dealkylation sites (tertiary alicyclic amines) is 1. The van der Waals surface area contributed by atoms with Gasteiger partial charge in [-0.15, -0.1) is 0 Å². The molecule has 1 N–H and O–H groups in total. The Balaban J connectivity index is 1.73. The molecule has 0 radical (unpaired) electrons. The molecular weight excluding hydrogens is 262 g/mol. The monoisotopic (exact) mass is 283 g/mol. The zero-order valence-corrected chi connectivity index (χ0v) is 12.3. The van der Waals surface area contributed by atoms with E-state index in [2.05, 4.69) is 17.0 Å². The van der Waals surface area contributed by atoms with Gasteiger partial charge in [-0.3, -0.25) is 4.90 Å². The van der Waals surface area contributed by atoms with E-state index in [4.69, 9.17) is 4.74 Å². The average molecular weight is 283 g/mol. The van der Waals surface area contributed by atoms with Gasteiger partial charge in [0.05, 0.1) is 7.11 Å². The maximum atomic E-state index is 9.37. The van der Waals surface area contributed by atoms with Gasteiger partial charge in [0.2, 0.25) is 0 Å². The molecule has 0 aliphatic carbocycles. The molecule has 1 aliphatic heterocycles. The van der Waals surface area contributed by atoms with Crippen LogP contribution >= 0.6 is 0 Å². The van der Waals surface area contributed by atoms with Crippen LogP contribution in [0, 0.1) is 0 Å². The zero-order chi connectivity index (χ0) is 14.7. The molecule has 1 fully saturated rings. The molecular formula is C18H21NO2. The molecule has 2 aromatic rings. The Morgan fingerprint density at radius 1 is 1.10 bits per heavy atom. The van der Waals surface area contributed by atoms with E-state index in [0.29, 0.717) is 11.8 Å². The van der Waals surface area contributed by atoms with Crippen molar-refractivity contribution in [3.8, 4) is 11.5 Å². The Kier molecular flexibility index (Phi) is 4.11. The molecule has 1 saturated heterocycles. The van der Waals surface area contributed by atoms with Gasteiger partial charge in [-0.25, -0.2) is 0 Å². The first-order chi connectivity index (χ1) is 10.3. The van der Waals surface area contributed by atoms with Crippen LogP contribution in [0.4, 0.5) is 0 Å². The minimum Gasteiger partial charge on any atom is -0.508 e. The van der Waals surface area contributed by atoms with Crippen molar-refractivity contribution >= 4 is 0 Å². The minimum absolute atomic E-state index is 0.326. The Labute approximate surface area is 125 Å². The lowest BCUT2D eigenvalue weighted by Crippen LogP contribution is -2.22. The molecule has 2 aromatic carbocycles. The third-order valence-corrected chi connectivity index (χ3v) is 4.19. The molecule has 0 saturated carbocycles. The summed E-state index contributed by atoms with van der Waals surface area (Å²) in [5.74, 6) is 1.23. The summed E-state index contributed by atoms with van der Waals surface area (Å²) in [6.07, 6.45) is 2.43. The molecule has 1 aliphatic rings. The van der Waals surface area contributed by atoms with Crippen molar-refractivity contribution < 1.29 is 9.84 Å². The van der Waals surface area contributed by atoms with Gasteiger partial charge in [0.1, 0.15) is 11.5 Å². The Morgan fingerprint density at radius 3 is 2.48 bits per heavy atom. The highest BCUT2D eigenvalue weighted by molar-refractivity contribution is 5.30. The van der Waals surface area contributed by atoms with Gasteiger partial charge in [-0.2, -0.15) is 0 Å². The second kappa shape index (κ2) is 6.19. The molecule has 3 heteroatoms. The summed E-state index contributed by atoms with van der Waals surface area (Å²) >= 11 is 0. The van der Waals surface area contributed by atoms with Gasteiger partial charge in [0, 0.05) is 12.6 Å². The molecule has 110 valence electrons. The normalized spacial score (nSPS) is 18.8. The fourth-order valence-electron chi connectivity index (χ4n) is 3.05. The van der Waals surface area contributed by atoms with E-state index in [1.807, 2.05) is 24.3 Å². The largest absolute Gasteiger partial charge is 0.508 e. The van der Waals surface area contributed by atoms with E-state index in [0.717, 1.165) is 18.8 Å². The molecule has 0 amide bonds. The zero-order valence-electron chi connectivity index (χ0n) is 12.3. The van der Waals surface area contributed by atoms with Crippen molar-refractivity contribution in [2.45, 2.75) is 25.4 Å². The molecule has 0 aromatic heterocycles. The summed E-state index contributed by atoms with van der Waals surface area (Å²) < 4.78 is 5.23. The van der Waals surface area contributed by atoms with Crippen LogP contribution in [0.3, 0.4) is 0 Å². The van der Waals surface area contributed by atoms with Crippen molar-refractivity contribution in [3.05, 3.63) is 59.7 Å². The van der Waals surface area contributed by atoms with E-state index >= 15 is 0 Å². The van der Waals surface area contributed by atoms with Crippen molar-refractivity contribution in [3.63, 3.8) is 0 Å². The van der Waals surface area contributed by atoms with Crippen molar-refractivity contribution in [1.82, 2.24) is 4.90 Å².